The Morgan fingerprint density at radius 3 is 2.89 bits per heavy atom. The van der Waals surface area contributed by atoms with Gasteiger partial charge in [0.05, 0.1) is 18.0 Å². The predicted octanol–water partition coefficient (Wildman–Crippen LogP) is 2.60. The molecule has 1 amide bonds. The van der Waals surface area contributed by atoms with Gasteiger partial charge in [-0.15, -0.1) is 10.2 Å². The van der Waals surface area contributed by atoms with Crippen LogP contribution in [-0.4, -0.2) is 48.7 Å². The highest BCUT2D eigenvalue weighted by Crippen LogP contribution is 2.35. The smallest absolute Gasteiger partial charge is 0.269 e. The molecule has 1 N–H and O–H groups in total. The molecule has 27 heavy (non-hydrogen) atoms. The third-order valence-electron chi connectivity index (χ3n) is 3.79. The molecule has 1 aromatic heterocycles. The average Bonchev–Trinajstić information content (AvgIpc) is 3.12. The lowest BCUT2D eigenvalue weighted by molar-refractivity contribution is -0.122. The van der Waals surface area contributed by atoms with Crippen LogP contribution in [-0.2, 0) is 14.8 Å². The summed E-state index contributed by atoms with van der Waals surface area (Å²) in [5, 5.41) is 11.0. The molecule has 11 heteroatoms. The fourth-order valence-corrected chi connectivity index (χ4v) is 5.26. The fraction of sp³-hybridized carbons (Fsp3) is 0.438. The highest BCUT2D eigenvalue weighted by atomic mass is 32.2. The highest BCUT2D eigenvalue weighted by molar-refractivity contribution is 8.01. The number of hydrogen-bond acceptors (Lipinski definition) is 8. The minimum absolute atomic E-state index is 0.0654. The van der Waals surface area contributed by atoms with E-state index >= 15 is 0 Å². The molecule has 1 aliphatic rings. The first kappa shape index (κ1) is 19.9. The van der Waals surface area contributed by atoms with Crippen molar-refractivity contribution in [3.63, 3.8) is 0 Å². The molecule has 146 valence electrons. The highest BCUT2D eigenvalue weighted by Gasteiger charge is 2.36. The van der Waals surface area contributed by atoms with Gasteiger partial charge in [-0.2, -0.15) is 0 Å². The second kappa shape index (κ2) is 8.44. The molecule has 0 unspecified atom stereocenters. The number of amides is 1. The van der Waals surface area contributed by atoms with Crippen molar-refractivity contribution in [2.75, 3.05) is 27.7 Å². The van der Waals surface area contributed by atoms with E-state index in [0.29, 0.717) is 16.6 Å². The van der Waals surface area contributed by atoms with E-state index in [1.165, 1.54) is 15.6 Å². The van der Waals surface area contributed by atoms with Gasteiger partial charge < -0.3 is 4.74 Å². The van der Waals surface area contributed by atoms with Crippen molar-refractivity contribution >= 4 is 49.8 Å². The van der Waals surface area contributed by atoms with Crippen LogP contribution < -0.4 is 14.4 Å². The van der Waals surface area contributed by atoms with Crippen molar-refractivity contribution in [3.8, 4) is 5.75 Å². The molecule has 0 saturated heterocycles. The van der Waals surface area contributed by atoms with Gasteiger partial charge in [-0.25, -0.2) is 8.42 Å². The summed E-state index contributed by atoms with van der Waals surface area (Å²) in [4.78, 5) is 12.6. The van der Waals surface area contributed by atoms with E-state index in [2.05, 4.69) is 22.4 Å². The van der Waals surface area contributed by atoms with Crippen molar-refractivity contribution in [1.29, 1.82) is 0 Å². The summed E-state index contributed by atoms with van der Waals surface area (Å²) < 4.78 is 32.7. The van der Waals surface area contributed by atoms with Crippen LogP contribution in [0.5, 0.6) is 5.75 Å². The number of anilines is 2. The molecule has 0 fully saturated rings. The molecule has 2 heterocycles. The number of rotatable bonds is 7. The van der Waals surface area contributed by atoms with Crippen molar-refractivity contribution in [2.24, 2.45) is 0 Å². The third-order valence-corrected chi connectivity index (χ3v) is 7.72. The van der Waals surface area contributed by atoms with Gasteiger partial charge in [0.25, 0.3) is 5.91 Å². The summed E-state index contributed by atoms with van der Waals surface area (Å²) in [6.07, 6.45) is 0.0417. The molecule has 0 bridgehead atoms. The SMILES string of the molecule is CCCSc1nnc(NC(=O)[C@@H]2CN(S(=O)(=O)CC)c3ccccc3O2)s1. The number of sulfonamides is 1. The second-order valence-electron chi connectivity index (χ2n) is 5.72. The number of carbonyl (C=O) groups is 1. The van der Waals surface area contributed by atoms with Crippen molar-refractivity contribution in [1.82, 2.24) is 10.2 Å². The zero-order valence-corrected chi connectivity index (χ0v) is 17.4. The summed E-state index contributed by atoms with van der Waals surface area (Å²) >= 11 is 2.86. The lowest BCUT2D eigenvalue weighted by Gasteiger charge is -2.34. The maximum Gasteiger partial charge on any atom is 0.269 e. The average molecular weight is 429 g/mol. The third kappa shape index (κ3) is 4.53. The first-order valence-electron chi connectivity index (χ1n) is 8.48. The maximum atomic E-state index is 12.6. The standard InChI is InChI=1S/C16H20N4O4S3/c1-3-9-25-16-19-18-15(26-16)17-14(21)13-10-20(27(22,23)4-2)11-7-5-6-8-12(11)24-13/h5-8,13H,3-4,9-10H2,1-2H3,(H,17,18,21)/t13-/m0/s1. The molecular formula is C16H20N4O4S3. The number of ether oxygens (including phenoxy) is 1. The zero-order chi connectivity index (χ0) is 19.4. The van der Waals surface area contributed by atoms with Crippen molar-refractivity contribution < 1.29 is 17.9 Å². The van der Waals surface area contributed by atoms with E-state index in [-0.39, 0.29) is 12.3 Å². The van der Waals surface area contributed by atoms with E-state index in [4.69, 9.17) is 4.74 Å². The largest absolute Gasteiger partial charge is 0.476 e. The normalized spacial score (nSPS) is 16.5. The number of hydrogen-bond donors (Lipinski definition) is 1. The molecule has 0 aliphatic carbocycles. The quantitative estimate of drug-likeness (QED) is 0.534. The Labute approximate surface area is 166 Å². The molecule has 0 radical (unpaired) electrons. The maximum absolute atomic E-state index is 12.6. The van der Waals surface area contributed by atoms with Crippen molar-refractivity contribution in [2.45, 2.75) is 30.7 Å². The van der Waals surface area contributed by atoms with Crippen LogP contribution in [0.15, 0.2) is 28.6 Å². The van der Waals surface area contributed by atoms with E-state index in [0.717, 1.165) is 16.5 Å². The number of aromatic nitrogens is 2. The molecule has 3 rings (SSSR count). The lowest BCUT2D eigenvalue weighted by Crippen LogP contribution is -2.49. The Balaban J connectivity index is 1.77. The number of nitrogens with one attached hydrogen (secondary N) is 1. The van der Waals surface area contributed by atoms with E-state index in [1.807, 2.05) is 0 Å². The van der Waals surface area contributed by atoms with Gasteiger partial charge in [-0.1, -0.05) is 42.2 Å². The lowest BCUT2D eigenvalue weighted by atomic mass is 10.2. The number of carbonyl (C=O) groups excluding carboxylic acids is 1. The minimum Gasteiger partial charge on any atom is -0.476 e. The van der Waals surface area contributed by atoms with Crippen LogP contribution >= 0.6 is 23.1 Å². The number of nitrogens with zero attached hydrogens (tertiary/aromatic N) is 3. The van der Waals surface area contributed by atoms with Gasteiger partial charge in [0.15, 0.2) is 10.4 Å². The van der Waals surface area contributed by atoms with Crippen LogP contribution in [0.4, 0.5) is 10.8 Å². The van der Waals surface area contributed by atoms with Gasteiger partial charge in [-0.3, -0.25) is 14.4 Å². The van der Waals surface area contributed by atoms with Crippen molar-refractivity contribution in [3.05, 3.63) is 24.3 Å². The summed E-state index contributed by atoms with van der Waals surface area (Å²) in [5.74, 6) is 0.764. The topological polar surface area (TPSA) is 101 Å². The molecule has 0 saturated carbocycles. The Kier molecular flexibility index (Phi) is 6.22. The monoisotopic (exact) mass is 428 g/mol. The van der Waals surface area contributed by atoms with E-state index in [9.17, 15) is 13.2 Å². The number of benzene rings is 1. The molecule has 1 aromatic carbocycles. The Morgan fingerprint density at radius 2 is 2.15 bits per heavy atom. The van der Waals surface area contributed by atoms with E-state index in [1.54, 1.807) is 43.0 Å². The second-order valence-corrected chi connectivity index (χ2v) is 10.2. The van der Waals surface area contributed by atoms with Gasteiger partial charge in [0.1, 0.15) is 5.75 Å². The van der Waals surface area contributed by atoms with Crippen LogP contribution in [0, 0.1) is 0 Å². The predicted molar refractivity (Wildman–Crippen MR) is 107 cm³/mol. The number of fused-ring (bicyclic) bond motifs is 1. The fourth-order valence-electron chi connectivity index (χ4n) is 2.45. The van der Waals surface area contributed by atoms with Crippen LogP contribution in [0.2, 0.25) is 0 Å². The van der Waals surface area contributed by atoms with Gasteiger partial charge in [0, 0.05) is 5.75 Å². The summed E-state index contributed by atoms with van der Waals surface area (Å²) in [5.41, 5.74) is 0.442. The molecule has 8 nitrogen and oxygen atoms in total. The Bertz CT molecular complexity index is 916. The van der Waals surface area contributed by atoms with Gasteiger partial charge in [0.2, 0.25) is 15.2 Å². The minimum atomic E-state index is -3.54. The number of thioether (sulfide) groups is 1. The van der Waals surface area contributed by atoms with Crippen LogP contribution in [0.3, 0.4) is 0 Å². The summed E-state index contributed by atoms with van der Waals surface area (Å²) in [7, 11) is -3.54. The van der Waals surface area contributed by atoms with Gasteiger partial charge in [-0.05, 0) is 25.5 Å². The molecule has 2 aromatic rings. The summed E-state index contributed by atoms with van der Waals surface area (Å²) in [6, 6.07) is 6.78. The summed E-state index contributed by atoms with van der Waals surface area (Å²) in [6.45, 7) is 3.56. The van der Waals surface area contributed by atoms with Crippen LogP contribution in [0.25, 0.3) is 0 Å². The molecule has 1 atom stereocenters. The Morgan fingerprint density at radius 1 is 1.37 bits per heavy atom. The van der Waals surface area contributed by atoms with Crippen LogP contribution in [0.1, 0.15) is 20.3 Å². The zero-order valence-electron chi connectivity index (χ0n) is 14.9. The molecule has 1 aliphatic heterocycles. The molecular weight excluding hydrogens is 408 g/mol. The van der Waals surface area contributed by atoms with Gasteiger partial charge >= 0.3 is 0 Å². The number of para-hydroxylation sites is 2. The first-order valence-corrected chi connectivity index (χ1v) is 11.9. The Hall–Kier alpha value is -1.85. The molecule has 0 spiro atoms. The van der Waals surface area contributed by atoms with E-state index < -0.39 is 22.0 Å². The first-order chi connectivity index (χ1) is 12.9.